The van der Waals surface area contributed by atoms with Gasteiger partial charge in [-0.15, -0.1) is 11.3 Å². The van der Waals surface area contributed by atoms with Crippen molar-refractivity contribution in [3.8, 4) is 0 Å². The Morgan fingerprint density at radius 2 is 1.81 bits per heavy atom. The second-order valence-corrected chi connectivity index (χ2v) is 12.3. The van der Waals surface area contributed by atoms with Gasteiger partial charge >= 0.3 is 6.09 Å². The molecule has 0 aliphatic rings. The standard InChI is InChI=1S/C26H34N4O5S2/c1-19(2)15-30(37(33,34)23-11-9-21(27)10-12-23)16-25(31)24(13-20-7-5-4-6-8-20)29(3)26(32)35-17-22-14-28-18-36-22/h4-12,14,18-19,24-25,31H,13,15-17,27H2,1-3H3/p+1/t24-,25+/m0/s1. The predicted molar refractivity (Wildman–Crippen MR) is 144 cm³/mol. The molecule has 3 rings (SSSR count). The van der Waals surface area contributed by atoms with E-state index in [0.717, 1.165) is 10.4 Å². The molecule has 0 fully saturated rings. The van der Waals surface area contributed by atoms with E-state index < -0.39 is 28.3 Å². The second kappa shape index (κ2) is 13.1. The first-order valence-corrected chi connectivity index (χ1v) is 14.4. The van der Waals surface area contributed by atoms with E-state index in [0.29, 0.717) is 17.0 Å². The minimum absolute atomic E-state index is 0.0118. The van der Waals surface area contributed by atoms with Crippen LogP contribution in [0, 0.1) is 5.92 Å². The lowest BCUT2D eigenvalue weighted by Gasteiger charge is -2.31. The normalized spacial score (nSPS) is 14.4. The summed E-state index contributed by atoms with van der Waals surface area (Å²) in [5.74, 6) is 0.0118. The van der Waals surface area contributed by atoms with Crippen LogP contribution in [0.4, 0.5) is 10.5 Å². The highest BCUT2D eigenvalue weighted by Gasteiger charge is 2.37. The quantitative estimate of drug-likeness (QED) is 0.297. The summed E-state index contributed by atoms with van der Waals surface area (Å²) in [7, 11) is -2.28. The fourth-order valence-electron chi connectivity index (χ4n) is 3.96. The van der Waals surface area contributed by atoms with Crippen LogP contribution in [0.1, 0.15) is 24.3 Å². The first kappa shape index (κ1) is 28.7. The third-order valence-electron chi connectivity index (χ3n) is 5.95. The van der Waals surface area contributed by atoms with Crippen LogP contribution in [-0.4, -0.2) is 61.2 Å². The molecular weight excluding hydrogens is 512 g/mol. The summed E-state index contributed by atoms with van der Waals surface area (Å²) in [5.41, 5.74) is 8.77. The van der Waals surface area contributed by atoms with E-state index in [9.17, 15) is 18.3 Å². The molecule has 1 unspecified atom stereocenters. The summed E-state index contributed by atoms with van der Waals surface area (Å²) in [6.45, 7) is 3.93. The van der Waals surface area contributed by atoms with Crippen LogP contribution in [0.15, 0.2) is 71.2 Å². The summed E-state index contributed by atoms with van der Waals surface area (Å²) in [5, 5.41) is 11.4. The van der Waals surface area contributed by atoms with Gasteiger partial charge in [0, 0.05) is 31.4 Å². The first-order valence-electron chi connectivity index (χ1n) is 12.0. The highest BCUT2D eigenvalue weighted by molar-refractivity contribution is 7.89. The molecule has 0 bridgehead atoms. The molecule has 0 aliphatic carbocycles. The average Bonchev–Trinajstić information content (AvgIpc) is 3.39. The molecule has 9 nitrogen and oxygen atoms in total. The number of nitrogens with one attached hydrogen (secondary N) is 1. The van der Waals surface area contributed by atoms with Gasteiger partial charge in [0.25, 0.3) is 0 Å². The largest absolute Gasteiger partial charge is 0.514 e. The minimum atomic E-state index is -3.91. The van der Waals surface area contributed by atoms with Gasteiger partial charge in [0.2, 0.25) is 10.0 Å². The minimum Gasteiger partial charge on any atom is -0.414 e. The molecule has 37 heavy (non-hydrogen) atoms. The van der Waals surface area contributed by atoms with E-state index in [1.807, 2.05) is 44.2 Å². The topological polar surface area (TPSA) is 127 Å². The number of benzene rings is 2. The van der Waals surface area contributed by atoms with Crippen molar-refractivity contribution < 1.29 is 28.0 Å². The van der Waals surface area contributed by atoms with Crippen LogP contribution in [0.2, 0.25) is 0 Å². The molecule has 3 aromatic rings. The van der Waals surface area contributed by atoms with Gasteiger partial charge in [-0.1, -0.05) is 44.2 Å². The molecule has 1 heterocycles. The molecule has 0 spiro atoms. The van der Waals surface area contributed by atoms with Gasteiger partial charge in [-0.25, -0.2) is 13.3 Å². The number of carbonyl (C=O) groups is 1. The van der Waals surface area contributed by atoms with Crippen molar-refractivity contribution in [1.82, 2.24) is 9.29 Å². The van der Waals surface area contributed by atoms with Gasteiger partial charge in [-0.2, -0.15) is 9.10 Å². The second-order valence-electron chi connectivity index (χ2n) is 9.38. The van der Waals surface area contributed by atoms with Gasteiger partial charge in [-0.3, -0.25) is 4.98 Å². The third kappa shape index (κ3) is 8.08. The summed E-state index contributed by atoms with van der Waals surface area (Å²) in [6.07, 6.45) is 0.291. The lowest BCUT2D eigenvalue weighted by molar-refractivity contribution is -0.835. The number of alkyl carbamates (subject to hydrolysis) is 2. The van der Waals surface area contributed by atoms with E-state index in [2.05, 4.69) is 4.98 Å². The Balaban J connectivity index is 1.84. The van der Waals surface area contributed by atoms with Crippen LogP contribution in [0.25, 0.3) is 0 Å². The number of amides is 1. The zero-order chi connectivity index (χ0) is 27.0. The van der Waals surface area contributed by atoms with E-state index in [-0.39, 0.29) is 30.5 Å². The molecule has 200 valence electrons. The fraction of sp³-hybridized carbons (Fsp3) is 0.385. The molecule has 1 aromatic heterocycles. The first-order chi connectivity index (χ1) is 17.6. The maximum Gasteiger partial charge on any atom is 0.514 e. The number of nitrogens with two attached hydrogens (primary N) is 1. The average molecular weight is 548 g/mol. The number of sulfonamides is 1. The van der Waals surface area contributed by atoms with E-state index in [1.54, 1.807) is 18.8 Å². The number of ether oxygens (including phenoxy) is 1. The van der Waals surface area contributed by atoms with E-state index in [4.69, 9.17) is 10.5 Å². The smallest absolute Gasteiger partial charge is 0.414 e. The predicted octanol–water partition coefficient (Wildman–Crippen LogP) is 2.20. The number of nitrogens with zero attached hydrogens (tertiary/aromatic N) is 2. The van der Waals surface area contributed by atoms with Gasteiger partial charge in [-0.05, 0) is 35.7 Å². The number of nitrogen functional groups attached to an aromatic ring is 1. The molecule has 11 heteroatoms. The van der Waals surface area contributed by atoms with Crippen molar-refractivity contribution in [1.29, 1.82) is 0 Å². The molecule has 0 saturated carbocycles. The Labute approximate surface area is 222 Å². The molecular formula is C26H35N4O5S2+. The molecule has 0 radical (unpaired) electrons. The lowest BCUT2D eigenvalue weighted by Crippen LogP contribution is -3.17. The highest BCUT2D eigenvalue weighted by Crippen LogP contribution is 2.20. The number of aliphatic hydroxyl groups is 1. The zero-order valence-corrected chi connectivity index (χ0v) is 22.9. The summed E-state index contributed by atoms with van der Waals surface area (Å²) in [4.78, 5) is 18.2. The van der Waals surface area contributed by atoms with Crippen LogP contribution < -0.4 is 10.6 Å². The maximum absolute atomic E-state index is 13.5. The zero-order valence-electron chi connectivity index (χ0n) is 21.3. The molecule has 2 aromatic carbocycles. The van der Waals surface area contributed by atoms with Crippen molar-refractivity contribution in [2.75, 3.05) is 25.9 Å². The van der Waals surface area contributed by atoms with Gasteiger partial charge in [0.1, 0.15) is 18.8 Å². The molecule has 0 aliphatic heterocycles. The Morgan fingerprint density at radius 3 is 2.41 bits per heavy atom. The van der Waals surface area contributed by atoms with Crippen molar-refractivity contribution >= 4 is 33.1 Å². The monoisotopic (exact) mass is 547 g/mol. The van der Waals surface area contributed by atoms with Crippen molar-refractivity contribution in [2.24, 2.45) is 5.92 Å². The number of thiazole rings is 1. The number of carbonyl (C=O) groups excluding carboxylic acids is 1. The van der Waals surface area contributed by atoms with Crippen molar-refractivity contribution in [2.45, 2.75) is 43.9 Å². The number of hydrogen-bond acceptors (Lipinski definition) is 8. The summed E-state index contributed by atoms with van der Waals surface area (Å²) in [6, 6.07) is 14.8. The number of aromatic nitrogens is 1. The number of quaternary nitrogens is 1. The lowest BCUT2D eigenvalue weighted by atomic mass is 10.00. The van der Waals surface area contributed by atoms with Gasteiger partial charge in [0.15, 0.2) is 0 Å². The number of aliphatic hydroxyl groups excluding tert-OH is 1. The molecule has 0 saturated heterocycles. The van der Waals surface area contributed by atoms with Crippen LogP contribution in [0.5, 0.6) is 0 Å². The van der Waals surface area contributed by atoms with Gasteiger partial charge in [0.05, 0.1) is 22.3 Å². The Hall–Kier alpha value is -2.83. The number of hydrogen-bond donors (Lipinski definition) is 3. The van der Waals surface area contributed by atoms with E-state index >= 15 is 0 Å². The Morgan fingerprint density at radius 1 is 1.14 bits per heavy atom. The molecule has 1 amide bonds. The Kier molecular flexibility index (Phi) is 10.2. The van der Waals surface area contributed by atoms with E-state index in [1.165, 1.54) is 39.9 Å². The molecule has 3 atom stereocenters. The third-order valence-corrected chi connectivity index (χ3v) is 8.55. The number of rotatable bonds is 12. The molecule has 4 N–H and O–H groups in total. The number of anilines is 1. The highest BCUT2D eigenvalue weighted by atomic mass is 32.2. The fourth-order valence-corrected chi connectivity index (χ4v) is 6.09. The maximum atomic E-state index is 13.5. The van der Waals surface area contributed by atoms with Crippen LogP contribution >= 0.6 is 11.3 Å². The SMILES string of the molecule is CC(C)CN(C[C@@H](O)[C@H](Cc1ccccc1)[NH+](C)C(=O)OCc1cncs1)S(=O)(=O)c1ccc(N)cc1. The van der Waals surface area contributed by atoms with Crippen molar-refractivity contribution in [3.63, 3.8) is 0 Å². The summed E-state index contributed by atoms with van der Waals surface area (Å²) >= 11 is 1.38. The van der Waals surface area contributed by atoms with Gasteiger partial charge < -0.3 is 15.6 Å². The number of likely N-dealkylation sites (N-methyl/N-ethyl adjacent to an activating group) is 1. The van der Waals surface area contributed by atoms with Crippen molar-refractivity contribution in [3.05, 3.63) is 76.7 Å². The van der Waals surface area contributed by atoms with Crippen LogP contribution in [0.3, 0.4) is 0 Å². The summed E-state index contributed by atoms with van der Waals surface area (Å²) < 4.78 is 33.8. The Bertz CT molecular complexity index is 1220. The van der Waals surface area contributed by atoms with Crippen LogP contribution in [-0.2, 0) is 27.8 Å².